The second kappa shape index (κ2) is 9.79. The molecule has 1 aromatic carbocycles. The highest BCUT2D eigenvalue weighted by Gasteiger charge is 2.23. The van der Waals surface area contributed by atoms with E-state index in [9.17, 15) is 0 Å². The maximum absolute atomic E-state index is 5.57. The minimum absolute atomic E-state index is 0.639. The highest BCUT2D eigenvalue weighted by atomic mass is 16.5. The Morgan fingerprint density at radius 2 is 1.83 bits per heavy atom. The molecule has 1 fully saturated rings. The first-order valence-corrected chi connectivity index (χ1v) is 12.3. The third kappa shape index (κ3) is 4.68. The molecule has 0 amide bonds. The second-order valence-corrected chi connectivity index (χ2v) is 9.84. The van der Waals surface area contributed by atoms with Gasteiger partial charge >= 0.3 is 0 Å². The van der Waals surface area contributed by atoms with Gasteiger partial charge in [-0.3, -0.25) is 4.98 Å². The van der Waals surface area contributed by atoms with Crippen LogP contribution < -0.4 is 9.64 Å². The predicted octanol–water partition coefficient (Wildman–Crippen LogP) is 3.72. The van der Waals surface area contributed by atoms with Crippen LogP contribution >= 0.6 is 0 Å². The molecule has 8 heteroatoms. The van der Waals surface area contributed by atoms with Gasteiger partial charge < -0.3 is 19.4 Å². The number of anilines is 1. The number of aromatic nitrogens is 4. The molecule has 0 spiro atoms. The number of likely N-dealkylation sites (N-methyl/N-ethyl adjacent to an activating group) is 2. The van der Waals surface area contributed by atoms with E-state index in [2.05, 4.69) is 64.3 Å². The smallest absolute Gasteiger partial charge is 0.162 e. The molecule has 4 aromatic rings. The van der Waals surface area contributed by atoms with Crippen LogP contribution in [-0.2, 0) is 0 Å². The summed E-state index contributed by atoms with van der Waals surface area (Å²) >= 11 is 0. The van der Waals surface area contributed by atoms with Gasteiger partial charge in [-0.15, -0.1) is 0 Å². The van der Waals surface area contributed by atoms with Gasteiger partial charge in [-0.1, -0.05) is 0 Å². The lowest BCUT2D eigenvalue weighted by Crippen LogP contribution is -2.45. The molecule has 1 aliphatic rings. The Labute approximate surface area is 207 Å². The van der Waals surface area contributed by atoms with E-state index in [1.807, 2.05) is 36.1 Å². The summed E-state index contributed by atoms with van der Waals surface area (Å²) in [5.41, 5.74) is 6.04. The van der Waals surface area contributed by atoms with Crippen molar-refractivity contribution in [3.63, 3.8) is 0 Å². The van der Waals surface area contributed by atoms with Crippen molar-refractivity contribution in [3.05, 3.63) is 48.5 Å². The monoisotopic (exact) mass is 473 g/mol. The molecule has 0 radical (unpaired) electrons. The van der Waals surface area contributed by atoms with Gasteiger partial charge in [0, 0.05) is 49.4 Å². The summed E-state index contributed by atoms with van der Waals surface area (Å²) in [6, 6.07) is 6.79. The molecule has 0 N–H and O–H groups in total. The Morgan fingerprint density at radius 3 is 2.57 bits per heavy atom. The Morgan fingerprint density at radius 1 is 1.03 bits per heavy atom. The number of ether oxygens (including phenoxy) is 1. The topological polar surface area (TPSA) is 62.0 Å². The van der Waals surface area contributed by atoms with Crippen LogP contribution in [0.25, 0.3) is 27.7 Å². The number of rotatable bonds is 7. The molecular formula is C27H35N7O. The lowest BCUT2D eigenvalue weighted by Gasteiger charge is -2.38. The Hall–Kier alpha value is -3.23. The molecule has 5 rings (SSSR count). The van der Waals surface area contributed by atoms with E-state index in [4.69, 9.17) is 9.72 Å². The van der Waals surface area contributed by atoms with E-state index in [1.165, 1.54) is 0 Å². The molecule has 0 atom stereocenters. The number of aryl methyl sites for hydroxylation is 1. The van der Waals surface area contributed by atoms with Gasteiger partial charge in [-0.2, -0.15) is 5.10 Å². The van der Waals surface area contributed by atoms with Crippen molar-refractivity contribution in [2.24, 2.45) is 0 Å². The van der Waals surface area contributed by atoms with Gasteiger partial charge in [0.2, 0.25) is 0 Å². The summed E-state index contributed by atoms with van der Waals surface area (Å²) in [5, 5.41) is 5.70. The molecule has 0 saturated carbocycles. The number of fused-ring (bicyclic) bond motifs is 2. The van der Waals surface area contributed by atoms with E-state index in [-0.39, 0.29) is 0 Å². The SMILES string of the molecule is COc1cc2c(-c3cnn4cc(N5CCC(N(C)CCN(C)C)CC5)cnc34)ccnc2cc1C. The summed E-state index contributed by atoms with van der Waals surface area (Å²) in [5.74, 6) is 0.856. The van der Waals surface area contributed by atoms with Crippen LogP contribution in [0.3, 0.4) is 0 Å². The fourth-order valence-electron chi connectivity index (χ4n) is 5.06. The molecule has 0 unspecified atom stereocenters. The van der Waals surface area contributed by atoms with Crippen LogP contribution in [0.4, 0.5) is 5.69 Å². The number of hydrogen-bond acceptors (Lipinski definition) is 7. The Balaban J connectivity index is 1.37. The standard InChI is InChI=1S/C27H35N7O/c1-19-14-25-23(15-26(19)35-5)22(6-9-28-25)24-17-30-34-18-21(16-29-27(24)34)33-10-7-20(8-11-33)32(4)13-12-31(2)3/h6,9,14-18,20H,7-8,10-13H2,1-5H3. The normalized spacial score (nSPS) is 15.1. The van der Waals surface area contributed by atoms with Gasteiger partial charge in [0.05, 0.1) is 36.9 Å². The van der Waals surface area contributed by atoms with E-state index >= 15 is 0 Å². The van der Waals surface area contributed by atoms with Gasteiger partial charge in [0.1, 0.15) is 5.75 Å². The predicted molar refractivity (Wildman–Crippen MR) is 141 cm³/mol. The van der Waals surface area contributed by atoms with E-state index < -0.39 is 0 Å². The van der Waals surface area contributed by atoms with Crippen LogP contribution in [-0.4, -0.2) is 89.9 Å². The van der Waals surface area contributed by atoms with Crippen molar-refractivity contribution in [2.75, 3.05) is 59.3 Å². The molecule has 1 saturated heterocycles. The summed E-state index contributed by atoms with van der Waals surface area (Å²) in [6.07, 6.45) is 10.2. The Bertz CT molecular complexity index is 1320. The molecule has 0 bridgehead atoms. The molecule has 35 heavy (non-hydrogen) atoms. The third-order valence-electron chi connectivity index (χ3n) is 7.24. The summed E-state index contributed by atoms with van der Waals surface area (Å²) < 4.78 is 7.47. The van der Waals surface area contributed by atoms with Crippen molar-refractivity contribution < 1.29 is 4.74 Å². The lowest BCUT2D eigenvalue weighted by molar-refractivity contribution is 0.190. The molecule has 184 valence electrons. The first-order chi connectivity index (χ1) is 16.9. The molecule has 0 aliphatic carbocycles. The van der Waals surface area contributed by atoms with Gasteiger partial charge in [-0.25, -0.2) is 9.50 Å². The van der Waals surface area contributed by atoms with E-state index in [0.29, 0.717) is 6.04 Å². The Kier molecular flexibility index (Phi) is 6.58. The van der Waals surface area contributed by atoms with Crippen molar-refractivity contribution in [3.8, 4) is 16.9 Å². The zero-order valence-electron chi connectivity index (χ0n) is 21.4. The number of nitrogens with zero attached hydrogens (tertiary/aromatic N) is 7. The van der Waals surface area contributed by atoms with Crippen LogP contribution in [0.2, 0.25) is 0 Å². The highest BCUT2D eigenvalue weighted by molar-refractivity contribution is 5.98. The first-order valence-electron chi connectivity index (χ1n) is 12.3. The fraction of sp³-hybridized carbons (Fsp3) is 0.444. The van der Waals surface area contributed by atoms with Crippen LogP contribution in [0.15, 0.2) is 43.0 Å². The number of methoxy groups -OCH3 is 1. The fourth-order valence-corrected chi connectivity index (χ4v) is 5.06. The van der Waals surface area contributed by atoms with Gasteiger partial charge in [0.25, 0.3) is 0 Å². The molecule has 3 aromatic heterocycles. The minimum atomic E-state index is 0.639. The van der Waals surface area contributed by atoms with Crippen LogP contribution in [0, 0.1) is 6.92 Å². The number of piperidine rings is 1. The van der Waals surface area contributed by atoms with E-state index in [1.54, 1.807) is 7.11 Å². The zero-order chi connectivity index (χ0) is 24.5. The quantitative estimate of drug-likeness (QED) is 0.405. The average Bonchev–Trinajstić information content (AvgIpc) is 3.29. The summed E-state index contributed by atoms with van der Waals surface area (Å²) in [6.45, 7) is 6.31. The molecule has 4 heterocycles. The second-order valence-electron chi connectivity index (χ2n) is 9.84. The third-order valence-corrected chi connectivity index (χ3v) is 7.24. The minimum Gasteiger partial charge on any atom is -0.496 e. The van der Waals surface area contributed by atoms with Crippen LogP contribution in [0.5, 0.6) is 5.75 Å². The largest absolute Gasteiger partial charge is 0.496 e. The van der Waals surface area contributed by atoms with Crippen molar-refractivity contribution in [2.45, 2.75) is 25.8 Å². The average molecular weight is 474 g/mol. The van der Waals surface area contributed by atoms with Gasteiger partial charge in [0.15, 0.2) is 5.65 Å². The number of pyridine rings is 1. The van der Waals surface area contributed by atoms with Crippen molar-refractivity contribution >= 4 is 22.2 Å². The number of hydrogen-bond donors (Lipinski definition) is 0. The first kappa shape index (κ1) is 23.5. The van der Waals surface area contributed by atoms with Crippen molar-refractivity contribution in [1.82, 2.24) is 29.4 Å². The maximum atomic E-state index is 5.57. The molecule has 8 nitrogen and oxygen atoms in total. The zero-order valence-corrected chi connectivity index (χ0v) is 21.4. The molecular weight excluding hydrogens is 438 g/mol. The highest BCUT2D eigenvalue weighted by Crippen LogP contribution is 2.34. The molecule has 1 aliphatic heterocycles. The van der Waals surface area contributed by atoms with Gasteiger partial charge in [-0.05, 0) is 70.2 Å². The lowest BCUT2D eigenvalue weighted by atomic mass is 10.0. The summed E-state index contributed by atoms with van der Waals surface area (Å²) in [7, 11) is 8.22. The summed E-state index contributed by atoms with van der Waals surface area (Å²) in [4.78, 5) is 16.6. The maximum Gasteiger partial charge on any atom is 0.162 e. The van der Waals surface area contributed by atoms with Crippen LogP contribution in [0.1, 0.15) is 18.4 Å². The number of benzene rings is 1. The van der Waals surface area contributed by atoms with Crippen molar-refractivity contribution in [1.29, 1.82) is 0 Å². The van der Waals surface area contributed by atoms with E-state index in [0.717, 1.165) is 83.7 Å².